The van der Waals surface area contributed by atoms with Crippen molar-refractivity contribution in [3.63, 3.8) is 0 Å². The van der Waals surface area contributed by atoms with E-state index in [0.717, 1.165) is 5.75 Å². The van der Waals surface area contributed by atoms with Crippen LogP contribution in [-0.2, 0) is 10.2 Å². The van der Waals surface area contributed by atoms with Gasteiger partial charge in [0.15, 0.2) is 6.61 Å². The predicted octanol–water partition coefficient (Wildman–Crippen LogP) is 3.15. The first-order chi connectivity index (χ1) is 11.3. The van der Waals surface area contributed by atoms with Crippen molar-refractivity contribution in [2.75, 3.05) is 17.8 Å². The summed E-state index contributed by atoms with van der Waals surface area (Å²) in [5, 5.41) is 8.67. The first kappa shape index (κ1) is 18.3. The number of aryl methyl sites for hydroxylation is 1. The van der Waals surface area contributed by atoms with Crippen molar-refractivity contribution in [1.29, 1.82) is 0 Å². The molecule has 24 heavy (non-hydrogen) atoms. The van der Waals surface area contributed by atoms with Gasteiger partial charge in [-0.1, -0.05) is 51.6 Å². The second kappa shape index (κ2) is 7.70. The Morgan fingerprint density at radius 2 is 1.92 bits per heavy atom. The summed E-state index contributed by atoms with van der Waals surface area (Å²) in [6, 6.07) is 7.81. The second-order valence-corrected chi connectivity index (χ2v) is 7.63. The van der Waals surface area contributed by atoms with Crippen LogP contribution in [0.25, 0.3) is 0 Å². The third-order valence-electron chi connectivity index (χ3n) is 3.40. The van der Waals surface area contributed by atoms with Crippen molar-refractivity contribution < 1.29 is 9.53 Å². The summed E-state index contributed by atoms with van der Waals surface area (Å²) in [6.45, 7) is 10.2. The largest absolute Gasteiger partial charge is 0.484 e. The van der Waals surface area contributed by atoms with Crippen molar-refractivity contribution in [2.24, 2.45) is 0 Å². The van der Waals surface area contributed by atoms with Crippen LogP contribution in [0, 0.1) is 6.92 Å². The summed E-state index contributed by atoms with van der Waals surface area (Å²) in [5.41, 5.74) is 4.07. The topological polar surface area (TPSA) is 69.0 Å². The lowest BCUT2D eigenvalue weighted by Gasteiger charge is -2.19. The molecule has 0 fully saturated rings. The van der Waals surface area contributed by atoms with Gasteiger partial charge >= 0.3 is 0 Å². The molecule has 0 unspecified atom stereocenters. The molecule has 2 rings (SSSR count). The number of thioether (sulfide) groups is 1. The molecule has 1 aromatic carbocycles. The Morgan fingerprint density at radius 1 is 1.25 bits per heavy atom. The van der Waals surface area contributed by atoms with E-state index in [0.29, 0.717) is 16.7 Å². The molecule has 6 nitrogen and oxygen atoms in total. The fourth-order valence-corrected chi connectivity index (χ4v) is 2.71. The van der Waals surface area contributed by atoms with E-state index in [2.05, 4.69) is 36.4 Å². The number of ether oxygens (including phenoxy) is 1. The number of nitrogens with one attached hydrogen (secondary N) is 1. The molecule has 0 aliphatic rings. The van der Waals surface area contributed by atoms with Gasteiger partial charge in [-0.25, -0.2) is 4.68 Å². The molecule has 1 heterocycles. The minimum Gasteiger partial charge on any atom is -0.484 e. The molecule has 0 atom stereocenters. The van der Waals surface area contributed by atoms with Gasteiger partial charge < -0.3 is 4.74 Å². The lowest BCUT2D eigenvalue weighted by Crippen LogP contribution is -2.29. The van der Waals surface area contributed by atoms with Crippen molar-refractivity contribution in [2.45, 2.75) is 45.2 Å². The summed E-state index contributed by atoms with van der Waals surface area (Å²) in [7, 11) is 0. The quantitative estimate of drug-likeness (QED) is 0.812. The first-order valence-corrected chi connectivity index (χ1v) is 8.88. The molecule has 0 radical (unpaired) electrons. The van der Waals surface area contributed by atoms with E-state index in [-0.39, 0.29) is 17.9 Å². The van der Waals surface area contributed by atoms with Crippen LogP contribution in [0.15, 0.2) is 29.4 Å². The highest BCUT2D eigenvalue weighted by Gasteiger charge is 2.14. The number of amides is 1. The molecule has 0 saturated heterocycles. The zero-order valence-corrected chi connectivity index (χ0v) is 15.6. The van der Waals surface area contributed by atoms with Gasteiger partial charge in [-0.05, 0) is 35.8 Å². The fourth-order valence-electron chi connectivity index (χ4n) is 2.05. The Labute approximate surface area is 147 Å². The van der Waals surface area contributed by atoms with Gasteiger partial charge in [0.05, 0.1) is 0 Å². The molecule has 0 bridgehead atoms. The molecule has 0 aliphatic heterocycles. The van der Waals surface area contributed by atoms with Crippen LogP contribution in [0.3, 0.4) is 0 Å². The zero-order valence-electron chi connectivity index (χ0n) is 14.8. The van der Waals surface area contributed by atoms with Crippen LogP contribution in [0.4, 0.5) is 0 Å². The number of hydrogen-bond donors (Lipinski definition) is 1. The summed E-state index contributed by atoms with van der Waals surface area (Å²) >= 11 is 1.52. The van der Waals surface area contributed by atoms with Crippen molar-refractivity contribution in [3.8, 4) is 5.75 Å². The predicted molar refractivity (Wildman–Crippen MR) is 96.2 cm³/mol. The first-order valence-electron chi connectivity index (χ1n) is 7.89. The molecule has 1 aromatic heterocycles. The number of rotatable bonds is 6. The minimum absolute atomic E-state index is 0.0667. The summed E-state index contributed by atoms with van der Waals surface area (Å²) in [5.74, 6) is 1.90. The maximum Gasteiger partial charge on any atom is 0.276 e. The average molecular weight is 348 g/mol. The van der Waals surface area contributed by atoms with Gasteiger partial charge in [-0.3, -0.25) is 10.2 Å². The second-order valence-electron chi connectivity index (χ2n) is 6.40. The van der Waals surface area contributed by atoms with Crippen LogP contribution in [0.5, 0.6) is 5.75 Å². The SMILES string of the molecule is CCSc1nnc(C)n1NC(=O)COc1ccc(C(C)(C)C)cc1. The Kier molecular flexibility index (Phi) is 5.88. The molecule has 7 heteroatoms. The van der Waals surface area contributed by atoms with E-state index < -0.39 is 0 Å². The normalized spacial score (nSPS) is 11.4. The van der Waals surface area contributed by atoms with Gasteiger partial charge in [-0.2, -0.15) is 0 Å². The Hall–Kier alpha value is -2.02. The van der Waals surface area contributed by atoms with Crippen LogP contribution < -0.4 is 10.2 Å². The highest BCUT2D eigenvalue weighted by molar-refractivity contribution is 7.99. The van der Waals surface area contributed by atoms with Gasteiger partial charge in [0.1, 0.15) is 11.6 Å². The molecule has 2 aromatic rings. The average Bonchev–Trinajstić information content (AvgIpc) is 2.86. The highest BCUT2D eigenvalue weighted by Crippen LogP contribution is 2.24. The molecular formula is C17H24N4O2S. The van der Waals surface area contributed by atoms with Crippen molar-refractivity contribution in [3.05, 3.63) is 35.7 Å². The maximum absolute atomic E-state index is 12.1. The van der Waals surface area contributed by atoms with Gasteiger partial charge in [0.25, 0.3) is 5.91 Å². The molecule has 1 amide bonds. The van der Waals surface area contributed by atoms with Crippen molar-refractivity contribution in [1.82, 2.24) is 14.9 Å². The van der Waals surface area contributed by atoms with Crippen LogP contribution in [-0.4, -0.2) is 33.1 Å². The molecule has 0 aliphatic carbocycles. The number of nitrogens with zero attached hydrogens (tertiary/aromatic N) is 3. The number of benzene rings is 1. The molecule has 130 valence electrons. The molecule has 0 spiro atoms. The molecule has 1 N–H and O–H groups in total. The standard InChI is InChI=1S/C17H24N4O2S/c1-6-24-16-19-18-12(2)21(16)20-15(22)11-23-14-9-7-13(8-10-14)17(3,4)5/h7-10H,6,11H2,1-5H3,(H,20,22). The van der Waals surface area contributed by atoms with E-state index in [9.17, 15) is 4.79 Å². The summed E-state index contributed by atoms with van der Waals surface area (Å²) < 4.78 is 7.14. The lowest BCUT2D eigenvalue weighted by molar-refractivity contribution is -0.119. The van der Waals surface area contributed by atoms with Crippen molar-refractivity contribution >= 4 is 17.7 Å². The van der Waals surface area contributed by atoms with Gasteiger partial charge in [0, 0.05) is 0 Å². The minimum atomic E-state index is -0.254. The fraction of sp³-hybridized carbons (Fsp3) is 0.471. The number of hydrogen-bond acceptors (Lipinski definition) is 5. The van der Waals surface area contributed by atoms with Crippen LogP contribution in [0.2, 0.25) is 0 Å². The van der Waals surface area contributed by atoms with Gasteiger partial charge in [-0.15, -0.1) is 10.2 Å². The molecule has 0 saturated carbocycles. The van der Waals surface area contributed by atoms with E-state index in [1.54, 1.807) is 11.6 Å². The maximum atomic E-state index is 12.1. The lowest BCUT2D eigenvalue weighted by atomic mass is 9.87. The van der Waals surface area contributed by atoms with E-state index >= 15 is 0 Å². The van der Waals surface area contributed by atoms with E-state index in [1.807, 2.05) is 31.2 Å². The number of aromatic nitrogens is 3. The smallest absolute Gasteiger partial charge is 0.276 e. The summed E-state index contributed by atoms with van der Waals surface area (Å²) in [4.78, 5) is 12.1. The Balaban J connectivity index is 1.93. The third-order valence-corrected chi connectivity index (χ3v) is 4.21. The van der Waals surface area contributed by atoms with E-state index in [4.69, 9.17) is 4.74 Å². The Morgan fingerprint density at radius 3 is 2.50 bits per heavy atom. The zero-order chi connectivity index (χ0) is 17.7. The Bertz CT molecular complexity index is 690. The number of carbonyl (C=O) groups excluding carboxylic acids is 1. The highest BCUT2D eigenvalue weighted by atomic mass is 32.2. The van der Waals surface area contributed by atoms with Crippen LogP contribution >= 0.6 is 11.8 Å². The monoisotopic (exact) mass is 348 g/mol. The van der Waals surface area contributed by atoms with E-state index in [1.165, 1.54) is 17.3 Å². The molecular weight excluding hydrogens is 324 g/mol. The van der Waals surface area contributed by atoms with Crippen LogP contribution in [0.1, 0.15) is 39.1 Å². The number of carbonyl (C=O) groups is 1. The summed E-state index contributed by atoms with van der Waals surface area (Å²) in [6.07, 6.45) is 0. The third kappa shape index (κ3) is 4.74. The van der Waals surface area contributed by atoms with Gasteiger partial charge in [0.2, 0.25) is 5.16 Å².